The number of carbonyl (C=O) groups is 3. The van der Waals surface area contributed by atoms with E-state index in [9.17, 15) is 14.4 Å². The van der Waals surface area contributed by atoms with Gasteiger partial charge in [-0.25, -0.2) is 14.4 Å². The topological polar surface area (TPSA) is 104 Å². The van der Waals surface area contributed by atoms with E-state index in [-0.39, 0.29) is 17.8 Å². The van der Waals surface area contributed by atoms with Gasteiger partial charge in [0, 0.05) is 18.4 Å². The molecule has 0 spiro atoms. The highest BCUT2D eigenvalue weighted by Gasteiger charge is 2.61. The number of hydrogen-bond acceptors (Lipinski definition) is 8. The SMILES string of the molecule is C=C1C(=O)O[C@@H]2/C=C(/C)[C@@H](OC(=O)c3ccccc3)C[C@H]3O[C@]3(C)C[C@@H](OC(=O)[C@@]3(C)O[C@@H]3C)[C@@H]12. The van der Waals surface area contributed by atoms with Crippen LogP contribution in [0.25, 0.3) is 0 Å². The van der Waals surface area contributed by atoms with Crippen LogP contribution in [0.1, 0.15) is 50.9 Å². The summed E-state index contributed by atoms with van der Waals surface area (Å²) >= 11 is 0. The second kappa shape index (κ2) is 8.31. The summed E-state index contributed by atoms with van der Waals surface area (Å²) in [7, 11) is 0. The number of carbonyl (C=O) groups excluding carboxylic acids is 3. The minimum atomic E-state index is -0.997. The van der Waals surface area contributed by atoms with Crippen molar-refractivity contribution < 1.29 is 38.1 Å². The van der Waals surface area contributed by atoms with Crippen LogP contribution in [-0.2, 0) is 33.3 Å². The molecule has 3 aliphatic heterocycles. The number of fused-ring (bicyclic) bond motifs is 2. The molecular formula is C27H30O8. The van der Waals surface area contributed by atoms with Crippen LogP contribution >= 0.6 is 0 Å². The quantitative estimate of drug-likeness (QED) is 0.212. The van der Waals surface area contributed by atoms with E-state index in [0.717, 1.165) is 5.57 Å². The molecule has 3 saturated heterocycles. The van der Waals surface area contributed by atoms with Crippen LogP contribution in [0, 0.1) is 5.92 Å². The van der Waals surface area contributed by atoms with Crippen LogP contribution in [-0.4, -0.2) is 59.6 Å². The molecule has 3 fully saturated rings. The van der Waals surface area contributed by atoms with Crippen LogP contribution < -0.4 is 0 Å². The summed E-state index contributed by atoms with van der Waals surface area (Å²) in [5, 5.41) is 0. The lowest BCUT2D eigenvalue weighted by atomic mass is 9.82. The van der Waals surface area contributed by atoms with Crippen molar-refractivity contribution in [3.05, 3.63) is 59.7 Å². The Bertz CT molecular complexity index is 1110. The number of ether oxygens (including phenoxy) is 5. The Hall–Kier alpha value is -2.97. The van der Waals surface area contributed by atoms with Gasteiger partial charge in [-0.3, -0.25) is 0 Å². The van der Waals surface area contributed by atoms with Crippen molar-refractivity contribution in [2.75, 3.05) is 0 Å². The second-order valence-electron chi connectivity index (χ2n) is 10.3. The predicted octanol–water partition coefficient (Wildman–Crippen LogP) is 3.30. The van der Waals surface area contributed by atoms with Crippen LogP contribution in [0.15, 0.2) is 54.1 Å². The molecule has 0 radical (unpaired) electrons. The van der Waals surface area contributed by atoms with Crippen molar-refractivity contribution in [1.82, 2.24) is 0 Å². The maximum Gasteiger partial charge on any atom is 0.341 e. The van der Waals surface area contributed by atoms with E-state index in [1.807, 2.05) is 26.8 Å². The second-order valence-corrected chi connectivity index (χ2v) is 10.3. The Morgan fingerprint density at radius 1 is 1.11 bits per heavy atom. The van der Waals surface area contributed by atoms with E-state index in [1.54, 1.807) is 37.3 Å². The Kier molecular flexibility index (Phi) is 5.64. The summed E-state index contributed by atoms with van der Waals surface area (Å²) in [5.74, 6) is -2.05. The standard InChI is InChI=1S/C27H30O8/c1-14-11-19-22(15(2)23(28)32-19)20(33-25(30)27(5)16(3)34-27)13-26(4)21(35-26)12-18(14)31-24(29)17-9-7-6-8-10-17/h6-11,16,18-22H,2,12-13H2,1,3-5H3/b14-11-/t16-,18+,19-,20-,21-,22+,26-,27+/m1/s1. The third-order valence-electron chi connectivity index (χ3n) is 7.73. The van der Waals surface area contributed by atoms with E-state index in [4.69, 9.17) is 23.7 Å². The van der Waals surface area contributed by atoms with Crippen LogP contribution in [0.5, 0.6) is 0 Å². The van der Waals surface area contributed by atoms with Crippen LogP contribution in [0.3, 0.4) is 0 Å². The molecule has 1 aliphatic carbocycles. The van der Waals surface area contributed by atoms with Crippen molar-refractivity contribution in [2.24, 2.45) is 5.92 Å². The Labute approximate surface area is 204 Å². The van der Waals surface area contributed by atoms with Gasteiger partial charge in [0.05, 0.1) is 29.3 Å². The van der Waals surface area contributed by atoms with Crippen molar-refractivity contribution in [1.29, 1.82) is 0 Å². The molecule has 4 aliphatic rings. The molecule has 8 atom stereocenters. The minimum absolute atomic E-state index is 0.213. The molecule has 8 nitrogen and oxygen atoms in total. The Morgan fingerprint density at radius 2 is 1.80 bits per heavy atom. The fourth-order valence-electron chi connectivity index (χ4n) is 5.05. The average molecular weight is 483 g/mol. The van der Waals surface area contributed by atoms with E-state index in [0.29, 0.717) is 18.4 Å². The van der Waals surface area contributed by atoms with Crippen molar-refractivity contribution in [2.45, 2.75) is 82.3 Å². The molecule has 0 unspecified atom stereocenters. The normalized spacial score (nSPS) is 41.4. The number of epoxide rings is 2. The van der Waals surface area contributed by atoms with Crippen molar-refractivity contribution in [3.63, 3.8) is 0 Å². The minimum Gasteiger partial charge on any atom is -0.459 e. The summed E-state index contributed by atoms with van der Waals surface area (Å²) in [5.41, 5.74) is -0.197. The first kappa shape index (κ1) is 23.8. The molecule has 0 aromatic heterocycles. The number of esters is 3. The molecule has 0 bridgehead atoms. The zero-order chi connectivity index (χ0) is 25.1. The third-order valence-corrected chi connectivity index (χ3v) is 7.73. The van der Waals surface area contributed by atoms with Gasteiger partial charge < -0.3 is 23.7 Å². The molecule has 1 aromatic carbocycles. The molecule has 3 heterocycles. The Morgan fingerprint density at radius 3 is 2.46 bits per heavy atom. The predicted molar refractivity (Wildman–Crippen MR) is 123 cm³/mol. The van der Waals surface area contributed by atoms with Gasteiger partial charge in [-0.1, -0.05) is 24.8 Å². The summed E-state index contributed by atoms with van der Waals surface area (Å²) in [6, 6.07) is 8.77. The highest BCUT2D eigenvalue weighted by atomic mass is 16.7. The fourth-order valence-corrected chi connectivity index (χ4v) is 5.05. The smallest absolute Gasteiger partial charge is 0.341 e. The van der Waals surface area contributed by atoms with Gasteiger partial charge in [-0.15, -0.1) is 0 Å². The number of rotatable bonds is 4. The largest absolute Gasteiger partial charge is 0.459 e. The maximum absolute atomic E-state index is 12.9. The highest BCUT2D eigenvalue weighted by Crippen LogP contribution is 2.49. The van der Waals surface area contributed by atoms with E-state index in [1.165, 1.54) is 0 Å². The number of benzene rings is 1. The monoisotopic (exact) mass is 482 g/mol. The van der Waals surface area contributed by atoms with Crippen molar-refractivity contribution in [3.8, 4) is 0 Å². The molecule has 1 aromatic rings. The average Bonchev–Trinajstić information content (AvgIpc) is 3.62. The molecule has 35 heavy (non-hydrogen) atoms. The molecular weight excluding hydrogens is 452 g/mol. The lowest BCUT2D eigenvalue weighted by molar-refractivity contribution is -0.159. The van der Waals surface area contributed by atoms with Gasteiger partial charge in [0.2, 0.25) is 0 Å². The summed E-state index contributed by atoms with van der Waals surface area (Å²) in [6.07, 6.45) is 0.124. The Balaban J connectivity index is 1.44. The maximum atomic E-state index is 12.9. The summed E-state index contributed by atoms with van der Waals surface area (Å²) < 4.78 is 28.9. The highest BCUT2D eigenvalue weighted by molar-refractivity contribution is 5.91. The van der Waals surface area contributed by atoms with Gasteiger partial charge in [0.1, 0.15) is 18.3 Å². The molecule has 0 amide bonds. The molecule has 0 saturated carbocycles. The van der Waals surface area contributed by atoms with Crippen molar-refractivity contribution >= 4 is 17.9 Å². The van der Waals surface area contributed by atoms with Crippen LogP contribution in [0.2, 0.25) is 0 Å². The van der Waals surface area contributed by atoms with Gasteiger partial charge >= 0.3 is 17.9 Å². The van der Waals surface area contributed by atoms with E-state index >= 15 is 0 Å². The number of hydrogen-bond donors (Lipinski definition) is 0. The summed E-state index contributed by atoms with van der Waals surface area (Å²) in [4.78, 5) is 38.2. The van der Waals surface area contributed by atoms with E-state index in [2.05, 4.69) is 6.58 Å². The zero-order valence-electron chi connectivity index (χ0n) is 20.3. The molecule has 0 N–H and O–H groups in total. The van der Waals surface area contributed by atoms with Crippen LogP contribution in [0.4, 0.5) is 0 Å². The fraction of sp³-hybridized carbons (Fsp3) is 0.519. The third kappa shape index (κ3) is 4.29. The van der Waals surface area contributed by atoms with Gasteiger partial charge in [-0.2, -0.15) is 0 Å². The first-order chi connectivity index (χ1) is 16.5. The first-order valence-electron chi connectivity index (χ1n) is 11.9. The molecule has 5 rings (SSSR count). The molecule has 8 heteroatoms. The van der Waals surface area contributed by atoms with Gasteiger partial charge in [-0.05, 0) is 51.5 Å². The van der Waals surface area contributed by atoms with E-state index < -0.39 is 53.3 Å². The summed E-state index contributed by atoms with van der Waals surface area (Å²) in [6.45, 7) is 11.2. The van der Waals surface area contributed by atoms with Gasteiger partial charge in [0.15, 0.2) is 5.60 Å². The first-order valence-corrected chi connectivity index (χ1v) is 11.9. The lowest BCUT2D eigenvalue weighted by Crippen LogP contribution is -2.40. The lowest BCUT2D eigenvalue weighted by Gasteiger charge is -2.30. The van der Waals surface area contributed by atoms with Gasteiger partial charge in [0.25, 0.3) is 0 Å². The zero-order valence-corrected chi connectivity index (χ0v) is 20.3. The molecule has 186 valence electrons.